The van der Waals surface area contributed by atoms with E-state index in [-0.39, 0.29) is 41.9 Å². The van der Waals surface area contributed by atoms with Gasteiger partial charge in [-0.05, 0) is 155 Å². The van der Waals surface area contributed by atoms with E-state index in [1.54, 1.807) is 18.2 Å². The molecular formula is C63H69N3O6. The molecule has 2 unspecified atom stereocenters. The molecule has 0 aromatic heterocycles. The van der Waals surface area contributed by atoms with E-state index < -0.39 is 24.0 Å². The van der Waals surface area contributed by atoms with Crippen molar-refractivity contribution in [2.45, 2.75) is 106 Å². The van der Waals surface area contributed by atoms with E-state index in [0.29, 0.717) is 6.42 Å². The number of carbonyl (C=O) groups excluding carboxylic acids is 3. The zero-order chi connectivity index (χ0) is 51.5. The Kier molecular flexibility index (Phi) is 17.4. The second-order valence-electron chi connectivity index (χ2n) is 18.8. The van der Waals surface area contributed by atoms with Crippen LogP contribution in [-0.2, 0) is 19.0 Å². The molecule has 7 aromatic rings. The molecule has 372 valence electrons. The lowest BCUT2D eigenvalue weighted by atomic mass is 9.82. The fraction of sp³-hybridized carbons (Fsp3) is 0.286. The van der Waals surface area contributed by atoms with Gasteiger partial charge in [0.15, 0.2) is 0 Å². The summed E-state index contributed by atoms with van der Waals surface area (Å²) in [5.41, 5.74) is 16.5. The van der Waals surface area contributed by atoms with Crippen molar-refractivity contribution in [3.63, 3.8) is 0 Å². The van der Waals surface area contributed by atoms with Crippen molar-refractivity contribution in [1.82, 2.24) is 0 Å². The monoisotopic (exact) mass is 964 g/mol. The predicted octanol–water partition coefficient (Wildman–Crippen LogP) is 15.2. The molecule has 9 nitrogen and oxygen atoms in total. The number of anilines is 5. The summed E-state index contributed by atoms with van der Waals surface area (Å²) < 4.78 is 16.7. The number of hydrogen-bond donors (Lipinski definition) is 3. The van der Waals surface area contributed by atoms with Crippen LogP contribution in [0.3, 0.4) is 0 Å². The van der Waals surface area contributed by atoms with E-state index in [2.05, 4.69) is 173 Å². The molecular weight excluding hydrogens is 895 g/mol. The molecule has 0 spiro atoms. The van der Waals surface area contributed by atoms with Gasteiger partial charge in [0, 0.05) is 45.3 Å². The molecule has 0 amide bonds. The van der Waals surface area contributed by atoms with E-state index in [1.165, 1.54) is 51.9 Å². The number of fused-ring (bicyclic) bond motifs is 1. The average molecular weight is 964 g/mol. The van der Waals surface area contributed by atoms with E-state index in [4.69, 9.17) is 14.2 Å². The van der Waals surface area contributed by atoms with Crippen molar-refractivity contribution in [1.29, 1.82) is 0 Å². The van der Waals surface area contributed by atoms with Crippen LogP contribution in [0, 0.1) is 41.5 Å². The Labute approximate surface area is 426 Å². The predicted molar refractivity (Wildman–Crippen MR) is 295 cm³/mol. The Hall–Kier alpha value is -7.65. The third-order valence-electron chi connectivity index (χ3n) is 13.2. The first-order chi connectivity index (χ1) is 34.7. The minimum Gasteiger partial charge on any atom is -0.459 e. The second kappa shape index (κ2) is 24.0. The fourth-order valence-corrected chi connectivity index (χ4v) is 9.92. The van der Waals surface area contributed by atoms with Gasteiger partial charge in [-0.3, -0.25) is 0 Å². The maximum atomic E-state index is 13.9. The summed E-state index contributed by atoms with van der Waals surface area (Å²) in [6.07, 6.45) is 2.90. The lowest BCUT2D eigenvalue weighted by Gasteiger charge is -2.33. The average Bonchev–Trinajstić information content (AvgIpc) is 3.37. The van der Waals surface area contributed by atoms with Gasteiger partial charge in [0.25, 0.3) is 0 Å². The normalized spacial score (nSPS) is 14.1. The van der Waals surface area contributed by atoms with Crippen LogP contribution in [0.25, 0.3) is 10.8 Å². The van der Waals surface area contributed by atoms with Crippen molar-refractivity contribution < 1.29 is 28.6 Å². The lowest BCUT2D eigenvalue weighted by molar-refractivity contribution is -0.140. The number of esters is 3. The molecule has 0 aliphatic heterocycles. The largest absolute Gasteiger partial charge is 0.459 e. The molecule has 8 rings (SSSR count). The molecule has 0 saturated heterocycles. The number of nitrogens with one attached hydrogen (secondary N) is 3. The number of ether oxygens (including phenoxy) is 3. The maximum Gasteiger partial charge on any atom is 0.339 e. The summed E-state index contributed by atoms with van der Waals surface area (Å²) in [6.45, 7) is 21.7. The number of carbonyl (C=O) groups is 3. The molecule has 72 heavy (non-hydrogen) atoms. The van der Waals surface area contributed by atoms with Crippen LogP contribution in [0.1, 0.15) is 123 Å². The minimum absolute atomic E-state index is 0.0833. The first kappa shape index (κ1) is 52.2. The number of rotatable bonds is 16. The zero-order valence-electron chi connectivity index (χ0n) is 43.3. The Morgan fingerprint density at radius 3 is 1.58 bits per heavy atom. The second-order valence-corrected chi connectivity index (χ2v) is 18.8. The van der Waals surface area contributed by atoms with Gasteiger partial charge in [-0.15, -0.1) is 0 Å². The molecule has 3 N–H and O–H groups in total. The van der Waals surface area contributed by atoms with E-state index >= 15 is 0 Å². The molecule has 9 heteroatoms. The third-order valence-corrected chi connectivity index (χ3v) is 13.2. The Bertz CT molecular complexity index is 2920. The van der Waals surface area contributed by atoms with Gasteiger partial charge in [-0.25, -0.2) is 14.4 Å². The van der Waals surface area contributed by atoms with Gasteiger partial charge in [-0.1, -0.05) is 129 Å². The van der Waals surface area contributed by atoms with Crippen LogP contribution < -0.4 is 16.0 Å². The van der Waals surface area contributed by atoms with Gasteiger partial charge in [-0.2, -0.15) is 0 Å². The first-order valence-corrected chi connectivity index (χ1v) is 25.2. The van der Waals surface area contributed by atoms with Crippen LogP contribution in [0.2, 0.25) is 0 Å². The molecule has 0 radical (unpaired) electrons. The van der Waals surface area contributed by atoms with Gasteiger partial charge >= 0.3 is 17.9 Å². The van der Waals surface area contributed by atoms with Crippen molar-refractivity contribution in [3.8, 4) is 0 Å². The third kappa shape index (κ3) is 12.4. The summed E-state index contributed by atoms with van der Waals surface area (Å²) in [5, 5.41) is 13.4. The van der Waals surface area contributed by atoms with Gasteiger partial charge < -0.3 is 30.2 Å². The topological polar surface area (TPSA) is 115 Å². The minimum atomic E-state index is -0.706. The van der Waals surface area contributed by atoms with E-state index in [9.17, 15) is 14.4 Å². The number of benzene rings is 7. The lowest BCUT2D eigenvalue weighted by Crippen LogP contribution is -2.40. The highest BCUT2D eigenvalue weighted by molar-refractivity contribution is 6.03. The summed E-state index contributed by atoms with van der Waals surface area (Å²) in [5.74, 6) is -1.98. The van der Waals surface area contributed by atoms with E-state index in [0.717, 1.165) is 69.6 Å². The van der Waals surface area contributed by atoms with Crippen LogP contribution >= 0.6 is 0 Å². The van der Waals surface area contributed by atoms with Crippen molar-refractivity contribution in [2.75, 3.05) is 29.2 Å². The summed E-state index contributed by atoms with van der Waals surface area (Å²) in [7, 11) is 0. The van der Waals surface area contributed by atoms with Crippen LogP contribution in [-0.4, -0.2) is 43.3 Å². The molecule has 1 aliphatic rings. The Morgan fingerprint density at radius 1 is 0.583 bits per heavy atom. The summed E-state index contributed by atoms with van der Waals surface area (Å²) in [4.78, 5) is 38.8. The quantitative estimate of drug-likeness (QED) is 0.0286. The molecule has 0 bridgehead atoms. The number of aryl methyl sites for hydroxylation is 6. The molecule has 1 saturated carbocycles. The smallest absolute Gasteiger partial charge is 0.339 e. The highest BCUT2D eigenvalue weighted by Gasteiger charge is 2.31. The SMILES string of the molecule is C=C(C)C(=O)OCCOC(=O)c1ccccc1C(=O)OC1CCCCC1Nc1ccc(C(c2ccc(Nc3c(C)cc(C)cc3C)cc2)c2ccc(Nc3c(C)cc(C)cc3C)cc2)c2ccccc12.CC. The van der Waals surface area contributed by atoms with E-state index in [1.807, 2.05) is 13.8 Å². The summed E-state index contributed by atoms with van der Waals surface area (Å²) in [6, 6.07) is 45.7. The van der Waals surface area contributed by atoms with Gasteiger partial charge in [0.2, 0.25) is 0 Å². The van der Waals surface area contributed by atoms with Crippen molar-refractivity contribution in [2.24, 2.45) is 0 Å². The molecule has 1 aliphatic carbocycles. The van der Waals surface area contributed by atoms with Gasteiger partial charge in [0.1, 0.15) is 19.3 Å². The van der Waals surface area contributed by atoms with Crippen LogP contribution in [0.15, 0.2) is 146 Å². The highest BCUT2D eigenvalue weighted by atomic mass is 16.6. The first-order valence-electron chi connectivity index (χ1n) is 25.2. The number of hydrogen-bond acceptors (Lipinski definition) is 9. The van der Waals surface area contributed by atoms with Crippen LogP contribution in [0.4, 0.5) is 28.4 Å². The maximum absolute atomic E-state index is 13.9. The molecule has 0 heterocycles. The molecule has 2 atom stereocenters. The zero-order valence-corrected chi connectivity index (χ0v) is 43.3. The fourth-order valence-electron chi connectivity index (χ4n) is 9.92. The standard InChI is InChI=1S/C61H63N3O6.C2H6/c1-37(2)59(65)68-31-32-69-60(66)51-17-11-12-18-52(51)61(67)70-55-20-14-13-19-54(55)64-53-30-29-50(48-15-9-10-16-49(48)53)56(44-21-25-46(26-22-44)62-57-40(5)33-38(3)34-41(57)6)45-23-27-47(28-24-45)63-58-42(7)35-39(4)36-43(58)8;1-2/h9-12,15-18,21-30,33-36,54-56,62-64H,1,13-14,19-20,31-32H2,2-8H3;1-2H3. The van der Waals surface area contributed by atoms with Crippen molar-refractivity contribution in [3.05, 3.63) is 207 Å². The molecule has 1 fully saturated rings. The highest BCUT2D eigenvalue weighted by Crippen LogP contribution is 2.41. The van der Waals surface area contributed by atoms with Crippen molar-refractivity contribution >= 4 is 57.1 Å². The Balaban J connectivity index is 0.00000376. The van der Waals surface area contributed by atoms with Gasteiger partial charge in [0.05, 0.1) is 17.2 Å². The Morgan fingerprint density at radius 2 is 1.06 bits per heavy atom. The van der Waals surface area contributed by atoms with Crippen LogP contribution in [0.5, 0.6) is 0 Å². The molecule has 7 aromatic carbocycles. The summed E-state index contributed by atoms with van der Waals surface area (Å²) >= 11 is 0.